The van der Waals surface area contributed by atoms with Crippen molar-refractivity contribution in [3.63, 3.8) is 0 Å². The van der Waals surface area contributed by atoms with Crippen LogP contribution >= 0.6 is 11.8 Å². The third-order valence-electron chi connectivity index (χ3n) is 4.97. The topological polar surface area (TPSA) is 90.6 Å². The maximum atomic E-state index is 12.5. The molecular formula is C27H27N5O3S. The maximum absolute atomic E-state index is 12.5. The second-order valence-corrected chi connectivity index (χ2v) is 8.94. The summed E-state index contributed by atoms with van der Waals surface area (Å²) in [6.45, 7) is 3.90. The number of carbonyl (C=O) groups is 1. The normalized spacial score (nSPS) is 11.1. The summed E-state index contributed by atoms with van der Waals surface area (Å²) in [6.07, 6.45) is 1.59. The fourth-order valence-corrected chi connectivity index (χ4v) is 4.15. The summed E-state index contributed by atoms with van der Waals surface area (Å²) in [5.41, 5.74) is 5.19. The van der Waals surface area contributed by atoms with E-state index in [0.717, 1.165) is 16.8 Å². The molecule has 1 aromatic heterocycles. The van der Waals surface area contributed by atoms with E-state index in [9.17, 15) is 4.79 Å². The predicted molar refractivity (Wildman–Crippen MR) is 142 cm³/mol. The molecule has 0 fully saturated rings. The third kappa shape index (κ3) is 6.31. The minimum Gasteiger partial charge on any atom is -0.493 e. The van der Waals surface area contributed by atoms with Crippen molar-refractivity contribution in [2.24, 2.45) is 5.10 Å². The first-order valence-corrected chi connectivity index (χ1v) is 12.4. The van der Waals surface area contributed by atoms with Crippen LogP contribution in [0.4, 0.5) is 0 Å². The molecule has 184 valence electrons. The van der Waals surface area contributed by atoms with Gasteiger partial charge in [0.25, 0.3) is 5.91 Å². The van der Waals surface area contributed by atoms with Gasteiger partial charge in [-0.3, -0.25) is 9.36 Å². The molecular weight excluding hydrogens is 474 g/mol. The zero-order chi connectivity index (χ0) is 25.3. The Balaban J connectivity index is 1.43. The number of nitrogens with one attached hydrogen (secondary N) is 1. The molecule has 0 atom stereocenters. The van der Waals surface area contributed by atoms with Gasteiger partial charge in [-0.1, -0.05) is 60.3 Å². The lowest BCUT2D eigenvalue weighted by atomic mass is 10.2. The van der Waals surface area contributed by atoms with E-state index in [0.29, 0.717) is 22.5 Å². The van der Waals surface area contributed by atoms with Gasteiger partial charge in [0.1, 0.15) is 0 Å². The molecule has 4 rings (SSSR count). The van der Waals surface area contributed by atoms with E-state index in [-0.39, 0.29) is 17.8 Å². The second kappa shape index (κ2) is 12.0. The van der Waals surface area contributed by atoms with Gasteiger partial charge in [0.2, 0.25) is 0 Å². The summed E-state index contributed by atoms with van der Waals surface area (Å²) in [6, 6.07) is 25.1. The van der Waals surface area contributed by atoms with E-state index in [4.69, 9.17) is 9.47 Å². The number of methoxy groups -OCH3 is 1. The number of hydrogen-bond acceptors (Lipinski definition) is 7. The molecule has 36 heavy (non-hydrogen) atoms. The summed E-state index contributed by atoms with van der Waals surface area (Å²) in [4.78, 5) is 12.5. The van der Waals surface area contributed by atoms with Gasteiger partial charge in [0.05, 0.1) is 25.2 Å². The van der Waals surface area contributed by atoms with Crippen molar-refractivity contribution in [3.8, 4) is 28.6 Å². The minimum absolute atomic E-state index is 0.0339. The van der Waals surface area contributed by atoms with Crippen LogP contribution in [-0.4, -0.2) is 45.9 Å². The predicted octanol–water partition coefficient (Wildman–Crippen LogP) is 4.97. The number of rotatable bonds is 10. The lowest BCUT2D eigenvalue weighted by Gasteiger charge is -2.13. The Morgan fingerprint density at radius 2 is 1.75 bits per heavy atom. The molecule has 0 radical (unpaired) electrons. The van der Waals surface area contributed by atoms with Crippen molar-refractivity contribution in [1.82, 2.24) is 20.2 Å². The summed E-state index contributed by atoms with van der Waals surface area (Å²) >= 11 is 1.29. The van der Waals surface area contributed by atoms with Crippen molar-refractivity contribution >= 4 is 23.9 Å². The molecule has 9 heteroatoms. The number of amides is 1. The molecule has 0 unspecified atom stereocenters. The molecule has 1 amide bonds. The molecule has 1 N–H and O–H groups in total. The SMILES string of the molecule is COc1cc(/C=N\NC(=O)CSc2nnc(-c3ccccc3)n2-c2ccccc2)ccc1OC(C)C. The van der Waals surface area contributed by atoms with Gasteiger partial charge in [-0.2, -0.15) is 5.10 Å². The van der Waals surface area contributed by atoms with Crippen molar-refractivity contribution < 1.29 is 14.3 Å². The Kier molecular flexibility index (Phi) is 8.36. The Morgan fingerprint density at radius 1 is 1.03 bits per heavy atom. The van der Waals surface area contributed by atoms with Gasteiger partial charge < -0.3 is 9.47 Å². The molecule has 0 spiro atoms. The summed E-state index contributed by atoms with van der Waals surface area (Å²) < 4.78 is 13.1. The van der Waals surface area contributed by atoms with E-state index in [1.165, 1.54) is 11.8 Å². The maximum Gasteiger partial charge on any atom is 0.250 e. The fraction of sp³-hybridized carbons (Fsp3) is 0.185. The highest BCUT2D eigenvalue weighted by Crippen LogP contribution is 2.29. The number of aromatic nitrogens is 3. The van der Waals surface area contributed by atoms with E-state index in [1.54, 1.807) is 19.4 Å². The van der Waals surface area contributed by atoms with Crippen molar-refractivity contribution in [3.05, 3.63) is 84.4 Å². The zero-order valence-corrected chi connectivity index (χ0v) is 21.1. The lowest BCUT2D eigenvalue weighted by molar-refractivity contribution is -0.118. The third-order valence-corrected chi connectivity index (χ3v) is 5.89. The quantitative estimate of drug-likeness (QED) is 0.187. The number of nitrogens with zero attached hydrogens (tertiary/aromatic N) is 4. The van der Waals surface area contributed by atoms with Crippen molar-refractivity contribution in [2.45, 2.75) is 25.1 Å². The van der Waals surface area contributed by atoms with Gasteiger partial charge >= 0.3 is 0 Å². The fourth-order valence-electron chi connectivity index (χ4n) is 3.40. The first-order valence-electron chi connectivity index (χ1n) is 11.4. The molecule has 3 aromatic carbocycles. The molecule has 8 nitrogen and oxygen atoms in total. The smallest absolute Gasteiger partial charge is 0.250 e. The molecule has 4 aromatic rings. The molecule has 1 heterocycles. The molecule has 0 bridgehead atoms. The number of thioether (sulfide) groups is 1. The van der Waals surface area contributed by atoms with Crippen LogP contribution in [0.3, 0.4) is 0 Å². The van der Waals surface area contributed by atoms with E-state index in [1.807, 2.05) is 91.2 Å². The van der Waals surface area contributed by atoms with E-state index in [2.05, 4.69) is 20.7 Å². The van der Waals surface area contributed by atoms with E-state index >= 15 is 0 Å². The van der Waals surface area contributed by atoms with Crippen LogP contribution < -0.4 is 14.9 Å². The number of benzene rings is 3. The molecule has 0 aliphatic heterocycles. The van der Waals surface area contributed by atoms with Gasteiger partial charge in [0.15, 0.2) is 22.5 Å². The molecule has 0 aliphatic carbocycles. The second-order valence-electron chi connectivity index (χ2n) is 8.00. The lowest BCUT2D eigenvalue weighted by Crippen LogP contribution is -2.20. The number of para-hydroxylation sites is 1. The molecule has 0 saturated carbocycles. The monoisotopic (exact) mass is 501 g/mol. The number of hydrazone groups is 1. The van der Waals surface area contributed by atoms with Crippen LogP contribution in [0, 0.1) is 0 Å². The van der Waals surface area contributed by atoms with Gasteiger partial charge in [-0.25, -0.2) is 5.43 Å². The summed E-state index contributed by atoms with van der Waals surface area (Å²) in [5, 5.41) is 13.4. The van der Waals surface area contributed by atoms with Crippen LogP contribution in [0.15, 0.2) is 89.1 Å². The zero-order valence-electron chi connectivity index (χ0n) is 20.3. The highest BCUT2D eigenvalue weighted by atomic mass is 32.2. The van der Waals surface area contributed by atoms with Crippen LogP contribution in [-0.2, 0) is 4.79 Å². The van der Waals surface area contributed by atoms with E-state index < -0.39 is 0 Å². The van der Waals surface area contributed by atoms with Crippen LogP contribution in [0.2, 0.25) is 0 Å². The van der Waals surface area contributed by atoms with Crippen LogP contribution in [0.5, 0.6) is 11.5 Å². The first kappa shape index (κ1) is 25.0. The number of carbonyl (C=O) groups excluding carboxylic acids is 1. The van der Waals surface area contributed by atoms with Gasteiger partial charge in [0, 0.05) is 11.3 Å². The van der Waals surface area contributed by atoms with Gasteiger partial charge in [-0.05, 0) is 49.7 Å². The van der Waals surface area contributed by atoms with Crippen LogP contribution in [0.25, 0.3) is 17.1 Å². The number of ether oxygens (including phenoxy) is 2. The Hall–Kier alpha value is -4.11. The minimum atomic E-state index is -0.258. The molecule has 0 saturated heterocycles. The van der Waals surface area contributed by atoms with Gasteiger partial charge in [-0.15, -0.1) is 10.2 Å². The highest BCUT2D eigenvalue weighted by Gasteiger charge is 2.17. The standard InChI is InChI=1S/C27H27N5O3S/c1-19(2)35-23-15-14-20(16-24(23)34-3)17-28-29-25(33)18-36-27-31-30-26(21-10-6-4-7-11-21)32(27)22-12-8-5-9-13-22/h4-17,19H,18H2,1-3H3,(H,29,33)/b28-17-. The Bertz CT molecular complexity index is 1320. The summed E-state index contributed by atoms with van der Waals surface area (Å²) in [7, 11) is 1.58. The largest absolute Gasteiger partial charge is 0.493 e. The Morgan fingerprint density at radius 3 is 2.44 bits per heavy atom. The highest BCUT2D eigenvalue weighted by molar-refractivity contribution is 7.99. The Labute approximate surface area is 214 Å². The van der Waals surface area contributed by atoms with Crippen LogP contribution in [0.1, 0.15) is 19.4 Å². The summed E-state index contributed by atoms with van der Waals surface area (Å²) in [5.74, 6) is 1.83. The average Bonchev–Trinajstić information content (AvgIpc) is 3.33. The molecule has 0 aliphatic rings. The number of hydrogen-bond donors (Lipinski definition) is 1. The van der Waals surface area contributed by atoms with Crippen molar-refractivity contribution in [2.75, 3.05) is 12.9 Å². The van der Waals surface area contributed by atoms with Crippen molar-refractivity contribution in [1.29, 1.82) is 0 Å². The average molecular weight is 502 g/mol. The first-order chi connectivity index (χ1) is 17.5.